The molecule has 0 atom stereocenters. The Kier molecular flexibility index (Phi) is 5.36. The van der Waals surface area contributed by atoms with Crippen molar-refractivity contribution in [3.63, 3.8) is 0 Å². The monoisotopic (exact) mass is 324 g/mol. The van der Waals surface area contributed by atoms with Crippen molar-refractivity contribution in [3.05, 3.63) is 58.9 Å². The average Bonchev–Trinajstić information content (AvgIpc) is 2.47. The number of hydrogen-bond acceptors (Lipinski definition) is 2. The van der Waals surface area contributed by atoms with Crippen LogP contribution in [0.25, 0.3) is 0 Å². The molecule has 3 nitrogen and oxygen atoms in total. The molecule has 0 amide bonds. The largest absolute Gasteiger partial charge is 0.495 e. The smallest absolute Gasteiger partial charge is 0.171 e. The van der Waals surface area contributed by atoms with E-state index >= 15 is 0 Å². The lowest BCUT2D eigenvalue weighted by atomic mass is 10.2. The summed E-state index contributed by atoms with van der Waals surface area (Å²) >= 11 is 11.2. The second-order valence-corrected chi connectivity index (χ2v) is 5.12. The zero-order valence-corrected chi connectivity index (χ0v) is 12.9. The first kappa shape index (κ1) is 15.5. The van der Waals surface area contributed by atoms with Crippen LogP contribution in [0, 0.1) is 5.82 Å². The van der Waals surface area contributed by atoms with Gasteiger partial charge in [0, 0.05) is 11.6 Å². The Morgan fingerprint density at radius 1 is 1.24 bits per heavy atom. The van der Waals surface area contributed by atoms with Gasteiger partial charge in [-0.2, -0.15) is 0 Å². The molecule has 0 radical (unpaired) electrons. The second kappa shape index (κ2) is 7.24. The van der Waals surface area contributed by atoms with E-state index in [0.29, 0.717) is 28.1 Å². The maximum Gasteiger partial charge on any atom is 0.171 e. The van der Waals surface area contributed by atoms with Crippen molar-refractivity contribution in [2.45, 2.75) is 6.54 Å². The molecular formula is C15H14ClFN2OS. The van der Waals surface area contributed by atoms with Crippen LogP contribution in [-0.4, -0.2) is 12.2 Å². The molecule has 0 saturated carbocycles. The summed E-state index contributed by atoms with van der Waals surface area (Å²) in [4.78, 5) is 0. The van der Waals surface area contributed by atoms with Gasteiger partial charge >= 0.3 is 0 Å². The van der Waals surface area contributed by atoms with Gasteiger partial charge in [0.25, 0.3) is 0 Å². The van der Waals surface area contributed by atoms with E-state index in [4.69, 9.17) is 28.6 Å². The molecule has 0 aromatic heterocycles. The van der Waals surface area contributed by atoms with Crippen LogP contribution < -0.4 is 15.4 Å². The van der Waals surface area contributed by atoms with Crippen LogP contribution in [0.4, 0.5) is 10.1 Å². The number of hydrogen-bond donors (Lipinski definition) is 2. The number of ether oxygens (including phenoxy) is 1. The number of rotatable bonds is 4. The van der Waals surface area contributed by atoms with Gasteiger partial charge in [-0.05, 0) is 48.1 Å². The molecule has 2 N–H and O–H groups in total. The highest BCUT2D eigenvalue weighted by atomic mass is 35.5. The zero-order chi connectivity index (χ0) is 15.2. The molecule has 0 aliphatic carbocycles. The summed E-state index contributed by atoms with van der Waals surface area (Å²) in [6.45, 7) is 0.495. The zero-order valence-electron chi connectivity index (χ0n) is 11.3. The molecule has 0 aliphatic rings. The van der Waals surface area contributed by atoms with Crippen molar-refractivity contribution in [2.75, 3.05) is 12.4 Å². The number of nitrogens with one attached hydrogen (secondary N) is 2. The molecule has 0 heterocycles. The SMILES string of the molecule is COc1ccc(Cl)cc1NC(=S)NCc1ccc(F)cc1. The maximum absolute atomic E-state index is 12.8. The average molecular weight is 325 g/mol. The van der Waals surface area contributed by atoms with Crippen molar-refractivity contribution < 1.29 is 9.13 Å². The van der Waals surface area contributed by atoms with Crippen LogP contribution in [0.1, 0.15) is 5.56 Å². The van der Waals surface area contributed by atoms with Crippen LogP contribution in [0.3, 0.4) is 0 Å². The summed E-state index contributed by atoms with van der Waals surface area (Å²) in [5, 5.41) is 7.07. The summed E-state index contributed by atoms with van der Waals surface area (Å²) in [6.07, 6.45) is 0. The third-order valence-corrected chi connectivity index (χ3v) is 3.26. The fourth-order valence-electron chi connectivity index (χ4n) is 1.73. The Labute approximate surface area is 133 Å². The van der Waals surface area contributed by atoms with Crippen molar-refractivity contribution in [1.29, 1.82) is 0 Å². The van der Waals surface area contributed by atoms with Gasteiger partial charge < -0.3 is 15.4 Å². The quantitative estimate of drug-likeness (QED) is 0.834. The van der Waals surface area contributed by atoms with Gasteiger partial charge in [0.1, 0.15) is 11.6 Å². The van der Waals surface area contributed by atoms with Crippen LogP contribution in [0.5, 0.6) is 5.75 Å². The molecule has 21 heavy (non-hydrogen) atoms. The van der Waals surface area contributed by atoms with E-state index in [1.54, 1.807) is 37.4 Å². The van der Waals surface area contributed by atoms with Crippen LogP contribution in [0.15, 0.2) is 42.5 Å². The van der Waals surface area contributed by atoms with Crippen molar-refractivity contribution in [1.82, 2.24) is 5.32 Å². The second-order valence-electron chi connectivity index (χ2n) is 4.28. The van der Waals surface area contributed by atoms with E-state index in [-0.39, 0.29) is 5.82 Å². The van der Waals surface area contributed by atoms with Crippen molar-refractivity contribution in [2.24, 2.45) is 0 Å². The first-order valence-corrected chi connectivity index (χ1v) is 7.00. The summed E-state index contributed by atoms with van der Waals surface area (Å²) in [5.41, 5.74) is 1.61. The Bertz CT molecular complexity index is 634. The van der Waals surface area contributed by atoms with E-state index in [0.717, 1.165) is 5.56 Å². The molecule has 0 unspecified atom stereocenters. The minimum absolute atomic E-state index is 0.261. The van der Waals surface area contributed by atoms with Gasteiger partial charge in [-0.1, -0.05) is 23.7 Å². The third kappa shape index (κ3) is 4.58. The molecule has 0 saturated heterocycles. The fraction of sp³-hybridized carbons (Fsp3) is 0.133. The van der Waals surface area contributed by atoms with Crippen LogP contribution in [-0.2, 0) is 6.54 Å². The van der Waals surface area contributed by atoms with Gasteiger partial charge in [0.15, 0.2) is 5.11 Å². The van der Waals surface area contributed by atoms with Crippen LogP contribution in [0.2, 0.25) is 5.02 Å². The maximum atomic E-state index is 12.8. The molecule has 0 aliphatic heterocycles. The number of anilines is 1. The number of halogens is 2. The van der Waals surface area contributed by atoms with Gasteiger partial charge in [0.05, 0.1) is 12.8 Å². The molecular weight excluding hydrogens is 311 g/mol. The molecule has 2 rings (SSSR count). The van der Waals surface area contributed by atoms with Crippen LogP contribution >= 0.6 is 23.8 Å². The molecule has 0 fully saturated rings. The van der Waals surface area contributed by atoms with Crippen molar-refractivity contribution >= 4 is 34.6 Å². The molecule has 110 valence electrons. The van der Waals surface area contributed by atoms with Gasteiger partial charge in [-0.15, -0.1) is 0 Å². The normalized spacial score (nSPS) is 10.0. The molecule has 0 spiro atoms. The van der Waals surface area contributed by atoms with E-state index in [1.807, 2.05) is 0 Å². The predicted molar refractivity (Wildman–Crippen MR) is 87.5 cm³/mol. The summed E-state index contributed by atoms with van der Waals surface area (Å²) in [7, 11) is 1.57. The Morgan fingerprint density at radius 3 is 2.62 bits per heavy atom. The predicted octanol–water partition coefficient (Wildman–Crippen LogP) is 3.97. The first-order valence-electron chi connectivity index (χ1n) is 6.21. The molecule has 6 heteroatoms. The molecule has 0 bridgehead atoms. The Morgan fingerprint density at radius 2 is 1.95 bits per heavy atom. The highest BCUT2D eigenvalue weighted by molar-refractivity contribution is 7.80. The van der Waals surface area contributed by atoms with E-state index in [2.05, 4.69) is 10.6 Å². The Balaban J connectivity index is 1.95. The first-order chi connectivity index (χ1) is 10.1. The summed E-state index contributed by atoms with van der Waals surface area (Å²) in [6, 6.07) is 11.4. The highest BCUT2D eigenvalue weighted by Gasteiger charge is 2.05. The number of methoxy groups -OCH3 is 1. The lowest BCUT2D eigenvalue weighted by Crippen LogP contribution is -2.28. The summed E-state index contributed by atoms with van der Waals surface area (Å²) in [5.74, 6) is 0.383. The standard InChI is InChI=1S/C15H14ClFN2OS/c1-20-14-7-4-11(16)8-13(14)19-15(21)18-9-10-2-5-12(17)6-3-10/h2-8H,9H2,1H3,(H2,18,19,21). The number of thiocarbonyl (C=S) groups is 1. The fourth-order valence-corrected chi connectivity index (χ4v) is 2.08. The minimum atomic E-state index is -0.261. The van der Waals surface area contributed by atoms with E-state index < -0.39 is 0 Å². The molecule has 2 aromatic rings. The van der Waals surface area contributed by atoms with E-state index in [1.165, 1.54) is 12.1 Å². The van der Waals surface area contributed by atoms with Gasteiger partial charge in [-0.25, -0.2) is 4.39 Å². The topological polar surface area (TPSA) is 33.3 Å². The minimum Gasteiger partial charge on any atom is -0.495 e. The lowest BCUT2D eigenvalue weighted by molar-refractivity contribution is 0.417. The van der Waals surface area contributed by atoms with Gasteiger partial charge in [0.2, 0.25) is 0 Å². The lowest BCUT2D eigenvalue weighted by Gasteiger charge is -2.13. The van der Waals surface area contributed by atoms with Gasteiger partial charge in [-0.3, -0.25) is 0 Å². The molecule has 2 aromatic carbocycles. The highest BCUT2D eigenvalue weighted by Crippen LogP contribution is 2.27. The number of benzene rings is 2. The Hall–Kier alpha value is -1.85. The third-order valence-electron chi connectivity index (χ3n) is 2.78. The summed E-state index contributed by atoms with van der Waals surface area (Å²) < 4.78 is 18.0. The van der Waals surface area contributed by atoms with Crippen molar-refractivity contribution in [3.8, 4) is 5.75 Å². The van der Waals surface area contributed by atoms with E-state index in [9.17, 15) is 4.39 Å².